The second-order valence-corrected chi connectivity index (χ2v) is 7.52. The van der Waals surface area contributed by atoms with Gasteiger partial charge < -0.3 is 9.73 Å². The summed E-state index contributed by atoms with van der Waals surface area (Å²) in [4.78, 5) is 42.7. The highest BCUT2D eigenvalue weighted by atomic mass is 16.3. The summed E-state index contributed by atoms with van der Waals surface area (Å²) in [5, 5.41) is 2.83. The molecule has 1 N–H and O–H groups in total. The third-order valence-corrected chi connectivity index (χ3v) is 5.37. The van der Waals surface area contributed by atoms with Gasteiger partial charge >= 0.3 is 0 Å². The Hall–Kier alpha value is -4.26. The fourth-order valence-electron chi connectivity index (χ4n) is 3.76. The van der Waals surface area contributed by atoms with Crippen molar-refractivity contribution in [3.05, 3.63) is 83.9 Å². The van der Waals surface area contributed by atoms with Crippen molar-refractivity contribution in [2.45, 2.75) is 12.8 Å². The Kier molecular flexibility index (Phi) is 4.99. The minimum atomic E-state index is -0.305. The molecule has 0 bridgehead atoms. The molecule has 0 radical (unpaired) electrons. The highest BCUT2D eigenvalue weighted by Crippen LogP contribution is 2.25. The van der Waals surface area contributed by atoms with Crippen molar-refractivity contribution in [1.29, 1.82) is 0 Å². The number of benzene rings is 3. The van der Waals surface area contributed by atoms with Crippen LogP contribution in [0.15, 0.2) is 77.2 Å². The number of nitrogens with zero attached hydrogens (tertiary/aromatic N) is 2. The van der Waals surface area contributed by atoms with Crippen molar-refractivity contribution in [1.82, 2.24) is 9.88 Å². The van der Waals surface area contributed by atoms with Crippen LogP contribution in [0.3, 0.4) is 0 Å². The van der Waals surface area contributed by atoms with Crippen molar-refractivity contribution < 1.29 is 18.8 Å². The molecule has 0 spiro atoms. The highest BCUT2D eigenvalue weighted by Gasteiger charge is 2.34. The average molecular weight is 425 g/mol. The van der Waals surface area contributed by atoms with E-state index in [1.165, 1.54) is 4.90 Å². The third kappa shape index (κ3) is 3.65. The van der Waals surface area contributed by atoms with Gasteiger partial charge in [0.2, 0.25) is 11.8 Å². The first-order valence-corrected chi connectivity index (χ1v) is 10.3. The molecule has 0 unspecified atom stereocenters. The summed E-state index contributed by atoms with van der Waals surface area (Å²) < 4.78 is 5.76. The lowest BCUT2D eigenvalue weighted by Crippen LogP contribution is -2.31. The fraction of sp³-hybridized carbons (Fsp3) is 0.120. The van der Waals surface area contributed by atoms with Gasteiger partial charge in [-0.3, -0.25) is 19.3 Å². The highest BCUT2D eigenvalue weighted by molar-refractivity contribution is 6.21. The Morgan fingerprint density at radius 3 is 2.22 bits per heavy atom. The van der Waals surface area contributed by atoms with Crippen molar-refractivity contribution in [3.63, 3.8) is 0 Å². The summed E-state index contributed by atoms with van der Waals surface area (Å²) in [6, 6.07) is 21.5. The molecule has 5 rings (SSSR count). The van der Waals surface area contributed by atoms with Crippen LogP contribution in [0.1, 0.15) is 33.6 Å². The first-order chi connectivity index (χ1) is 15.6. The topological polar surface area (TPSA) is 92.5 Å². The minimum absolute atomic E-state index is 0.184. The molecule has 1 aliphatic rings. The molecular weight excluding hydrogens is 406 g/mol. The van der Waals surface area contributed by atoms with Crippen LogP contribution in [0.2, 0.25) is 0 Å². The van der Waals surface area contributed by atoms with Crippen molar-refractivity contribution >= 4 is 34.5 Å². The standard InChI is InChI=1S/C25H19N3O4/c29-22(10-5-15-28-24(30)18-6-1-2-7-19(18)25(28)31)26-17-13-11-16(12-14-17)23-27-20-8-3-4-9-21(20)32-23/h1-4,6-9,11-14H,5,10,15H2,(H,26,29). The summed E-state index contributed by atoms with van der Waals surface area (Å²) in [6.45, 7) is 0.205. The fourth-order valence-corrected chi connectivity index (χ4v) is 3.76. The molecule has 32 heavy (non-hydrogen) atoms. The van der Waals surface area contributed by atoms with E-state index >= 15 is 0 Å². The van der Waals surface area contributed by atoms with Gasteiger partial charge in [0, 0.05) is 24.2 Å². The van der Waals surface area contributed by atoms with E-state index in [9.17, 15) is 14.4 Å². The van der Waals surface area contributed by atoms with Crippen molar-refractivity contribution in [2.24, 2.45) is 0 Å². The van der Waals surface area contributed by atoms with Crippen molar-refractivity contribution in [3.8, 4) is 11.5 Å². The molecule has 4 aromatic rings. The summed E-state index contributed by atoms with van der Waals surface area (Å²) in [7, 11) is 0. The number of nitrogens with one attached hydrogen (secondary N) is 1. The summed E-state index contributed by atoms with van der Waals surface area (Å²) in [5.41, 5.74) is 3.80. The molecule has 158 valence electrons. The lowest BCUT2D eigenvalue weighted by Gasteiger charge is -2.13. The van der Waals surface area contributed by atoms with Gasteiger partial charge in [0.1, 0.15) is 5.52 Å². The van der Waals surface area contributed by atoms with Gasteiger partial charge in [-0.15, -0.1) is 0 Å². The predicted octanol–water partition coefficient (Wildman–Crippen LogP) is 4.51. The molecule has 0 saturated carbocycles. The van der Waals surface area contributed by atoms with Crippen LogP contribution in [0.25, 0.3) is 22.6 Å². The second kappa shape index (κ2) is 8.11. The van der Waals surface area contributed by atoms with E-state index in [0.29, 0.717) is 29.1 Å². The van der Waals surface area contributed by atoms with E-state index in [4.69, 9.17) is 4.42 Å². The van der Waals surface area contributed by atoms with Crippen LogP contribution in [-0.4, -0.2) is 34.2 Å². The molecular formula is C25H19N3O4. The maximum Gasteiger partial charge on any atom is 0.261 e. The number of carbonyl (C=O) groups excluding carboxylic acids is 3. The Balaban J connectivity index is 1.15. The maximum absolute atomic E-state index is 12.4. The molecule has 3 aromatic carbocycles. The number of carbonyl (C=O) groups is 3. The molecule has 7 heteroatoms. The second-order valence-electron chi connectivity index (χ2n) is 7.52. The van der Waals surface area contributed by atoms with Gasteiger partial charge in [0.25, 0.3) is 11.8 Å². The molecule has 0 atom stereocenters. The molecule has 7 nitrogen and oxygen atoms in total. The first kappa shape index (κ1) is 19.7. The molecule has 0 fully saturated rings. The summed E-state index contributed by atoms with van der Waals surface area (Å²) >= 11 is 0. The van der Waals surface area contributed by atoms with Gasteiger partial charge in [0.15, 0.2) is 5.58 Å². The normalized spacial score (nSPS) is 12.9. The molecule has 3 amide bonds. The molecule has 2 heterocycles. The van der Waals surface area contributed by atoms with Crippen LogP contribution in [0, 0.1) is 0 Å². The van der Waals surface area contributed by atoms with E-state index in [1.54, 1.807) is 36.4 Å². The minimum Gasteiger partial charge on any atom is -0.436 e. The van der Waals surface area contributed by atoms with Gasteiger partial charge in [-0.2, -0.15) is 0 Å². The van der Waals surface area contributed by atoms with Crippen LogP contribution in [-0.2, 0) is 4.79 Å². The zero-order valence-electron chi connectivity index (χ0n) is 17.1. The maximum atomic E-state index is 12.4. The molecule has 0 aliphatic carbocycles. The SMILES string of the molecule is O=C(CCCN1C(=O)c2ccccc2C1=O)Nc1ccc(-c2nc3ccccc3o2)cc1. The number of fused-ring (bicyclic) bond motifs is 2. The van der Waals surface area contributed by atoms with Crippen LogP contribution in [0.5, 0.6) is 0 Å². The van der Waals surface area contributed by atoms with E-state index in [2.05, 4.69) is 10.3 Å². The number of aromatic nitrogens is 1. The molecule has 1 aliphatic heterocycles. The summed E-state index contributed by atoms with van der Waals surface area (Å²) in [5.74, 6) is -0.275. The van der Waals surface area contributed by atoms with E-state index in [1.807, 2.05) is 36.4 Å². The summed E-state index contributed by atoms with van der Waals surface area (Å²) in [6.07, 6.45) is 0.582. The van der Waals surface area contributed by atoms with Gasteiger partial charge in [-0.25, -0.2) is 4.98 Å². The average Bonchev–Trinajstić information content (AvgIpc) is 3.35. The van der Waals surface area contributed by atoms with E-state index in [-0.39, 0.29) is 30.7 Å². The number of amides is 3. The predicted molar refractivity (Wildman–Crippen MR) is 119 cm³/mol. The quantitative estimate of drug-likeness (QED) is 0.459. The Morgan fingerprint density at radius 2 is 1.53 bits per heavy atom. The molecule has 0 saturated heterocycles. The number of para-hydroxylation sites is 2. The Bertz CT molecular complexity index is 1270. The zero-order chi connectivity index (χ0) is 22.1. The monoisotopic (exact) mass is 425 g/mol. The number of anilines is 1. The van der Waals surface area contributed by atoms with Crippen LogP contribution in [0.4, 0.5) is 5.69 Å². The van der Waals surface area contributed by atoms with Crippen molar-refractivity contribution in [2.75, 3.05) is 11.9 Å². The smallest absolute Gasteiger partial charge is 0.261 e. The third-order valence-electron chi connectivity index (χ3n) is 5.37. The number of rotatable bonds is 6. The Labute approximate surface area is 183 Å². The lowest BCUT2D eigenvalue weighted by molar-refractivity contribution is -0.116. The number of hydrogen-bond acceptors (Lipinski definition) is 5. The number of oxazole rings is 1. The first-order valence-electron chi connectivity index (χ1n) is 10.3. The molecule has 1 aromatic heterocycles. The number of imide groups is 1. The zero-order valence-corrected chi connectivity index (χ0v) is 17.1. The van der Waals surface area contributed by atoms with Crippen LogP contribution >= 0.6 is 0 Å². The largest absolute Gasteiger partial charge is 0.436 e. The van der Waals surface area contributed by atoms with Gasteiger partial charge in [-0.05, 0) is 55.0 Å². The Morgan fingerprint density at radius 1 is 0.875 bits per heavy atom. The van der Waals surface area contributed by atoms with E-state index < -0.39 is 0 Å². The van der Waals surface area contributed by atoms with Gasteiger partial charge in [0.05, 0.1) is 11.1 Å². The van der Waals surface area contributed by atoms with Crippen LogP contribution < -0.4 is 5.32 Å². The lowest BCUT2D eigenvalue weighted by atomic mass is 10.1. The number of hydrogen-bond donors (Lipinski definition) is 1. The van der Waals surface area contributed by atoms with E-state index in [0.717, 1.165) is 16.7 Å². The van der Waals surface area contributed by atoms with Gasteiger partial charge in [-0.1, -0.05) is 24.3 Å².